The molecule has 1 fully saturated rings. The normalized spacial score (nSPS) is 26.0. The third kappa shape index (κ3) is 2.76. The number of hydrogen-bond acceptors (Lipinski definition) is 2. The highest BCUT2D eigenvalue weighted by molar-refractivity contribution is 4.70. The molecular formula is C10H20O2. The summed E-state index contributed by atoms with van der Waals surface area (Å²) in [5, 5.41) is 0. The molecule has 1 aliphatic rings. The van der Waals surface area contributed by atoms with Crippen LogP contribution in [0.3, 0.4) is 0 Å². The lowest BCUT2D eigenvalue weighted by molar-refractivity contribution is -0.283. The van der Waals surface area contributed by atoms with E-state index in [0.29, 0.717) is 12.0 Å². The molecule has 12 heavy (non-hydrogen) atoms. The van der Waals surface area contributed by atoms with Crippen molar-refractivity contribution in [1.82, 2.24) is 0 Å². The smallest absolute Gasteiger partial charge is 0.0981 e. The molecule has 0 aromatic heterocycles. The molecule has 0 radical (unpaired) electrons. The third-order valence-corrected chi connectivity index (χ3v) is 2.66. The van der Waals surface area contributed by atoms with Gasteiger partial charge in [-0.2, -0.15) is 0 Å². The van der Waals surface area contributed by atoms with E-state index in [0.717, 1.165) is 13.0 Å². The van der Waals surface area contributed by atoms with Gasteiger partial charge < -0.3 is 0 Å². The second-order valence-electron chi connectivity index (χ2n) is 3.56. The molecule has 0 amide bonds. The molecule has 0 spiro atoms. The van der Waals surface area contributed by atoms with E-state index in [1.807, 2.05) is 0 Å². The van der Waals surface area contributed by atoms with Crippen molar-refractivity contribution in [3.8, 4) is 0 Å². The molecule has 2 nitrogen and oxygen atoms in total. The maximum Gasteiger partial charge on any atom is 0.0981 e. The Hall–Kier alpha value is -0.0800. The van der Waals surface area contributed by atoms with Gasteiger partial charge in [0.05, 0.1) is 12.7 Å². The first-order chi connectivity index (χ1) is 5.88. The Labute approximate surface area is 75.2 Å². The molecule has 0 bridgehead atoms. The molecule has 1 saturated heterocycles. The van der Waals surface area contributed by atoms with E-state index in [1.54, 1.807) is 0 Å². The first kappa shape index (κ1) is 10.0. The van der Waals surface area contributed by atoms with Crippen molar-refractivity contribution >= 4 is 0 Å². The fourth-order valence-corrected chi connectivity index (χ4v) is 1.78. The fourth-order valence-electron chi connectivity index (χ4n) is 1.78. The van der Waals surface area contributed by atoms with E-state index in [2.05, 4.69) is 13.8 Å². The summed E-state index contributed by atoms with van der Waals surface area (Å²) < 4.78 is 0. The average molecular weight is 172 g/mol. The van der Waals surface area contributed by atoms with E-state index in [4.69, 9.17) is 9.78 Å². The van der Waals surface area contributed by atoms with Crippen molar-refractivity contribution in [3.63, 3.8) is 0 Å². The molecule has 72 valence electrons. The van der Waals surface area contributed by atoms with Crippen LogP contribution in [-0.2, 0) is 9.78 Å². The highest BCUT2D eigenvalue weighted by atomic mass is 17.2. The van der Waals surface area contributed by atoms with Crippen molar-refractivity contribution < 1.29 is 9.78 Å². The minimum absolute atomic E-state index is 0.376. The predicted molar refractivity (Wildman–Crippen MR) is 48.7 cm³/mol. The summed E-state index contributed by atoms with van der Waals surface area (Å²) in [5.41, 5.74) is 0. The topological polar surface area (TPSA) is 18.5 Å². The second kappa shape index (κ2) is 5.55. The first-order valence-corrected chi connectivity index (χ1v) is 5.16. The van der Waals surface area contributed by atoms with Gasteiger partial charge in [-0.15, -0.1) is 0 Å². The van der Waals surface area contributed by atoms with Crippen molar-refractivity contribution in [3.05, 3.63) is 0 Å². The summed E-state index contributed by atoms with van der Waals surface area (Å²) >= 11 is 0. The maximum absolute atomic E-state index is 5.20. The number of rotatable bonds is 5. The van der Waals surface area contributed by atoms with Gasteiger partial charge in [0.25, 0.3) is 0 Å². The van der Waals surface area contributed by atoms with Crippen LogP contribution in [0.4, 0.5) is 0 Å². The lowest BCUT2D eigenvalue weighted by Gasteiger charge is -2.18. The monoisotopic (exact) mass is 172 g/mol. The van der Waals surface area contributed by atoms with Crippen molar-refractivity contribution in [1.29, 1.82) is 0 Å². The summed E-state index contributed by atoms with van der Waals surface area (Å²) in [7, 11) is 0. The predicted octanol–water partition coefficient (Wildman–Crippen LogP) is 2.92. The molecule has 1 aliphatic heterocycles. The zero-order valence-corrected chi connectivity index (χ0v) is 8.21. The fraction of sp³-hybridized carbons (Fsp3) is 1.00. The van der Waals surface area contributed by atoms with Crippen LogP contribution >= 0.6 is 0 Å². The molecular weight excluding hydrogens is 152 g/mol. The van der Waals surface area contributed by atoms with Gasteiger partial charge in [0, 0.05) is 6.42 Å². The minimum atomic E-state index is 0.376. The molecule has 0 saturated carbocycles. The van der Waals surface area contributed by atoms with Crippen LogP contribution in [-0.4, -0.2) is 12.7 Å². The van der Waals surface area contributed by atoms with Crippen molar-refractivity contribution in [2.75, 3.05) is 6.61 Å². The third-order valence-electron chi connectivity index (χ3n) is 2.66. The molecule has 2 atom stereocenters. The van der Waals surface area contributed by atoms with Crippen LogP contribution in [0.5, 0.6) is 0 Å². The first-order valence-electron chi connectivity index (χ1n) is 5.16. The standard InChI is InChI=1S/C10H20O2/c1-3-5-6-9(4-2)10-7-8-11-12-10/h9-10H,3-8H2,1-2H3. The zero-order valence-electron chi connectivity index (χ0n) is 8.21. The van der Waals surface area contributed by atoms with Crippen LogP contribution in [0.2, 0.25) is 0 Å². The van der Waals surface area contributed by atoms with E-state index >= 15 is 0 Å². The van der Waals surface area contributed by atoms with Crippen LogP contribution in [0.1, 0.15) is 46.0 Å². The average Bonchev–Trinajstić information content (AvgIpc) is 2.59. The molecule has 0 aliphatic carbocycles. The van der Waals surface area contributed by atoms with E-state index in [-0.39, 0.29) is 0 Å². The Morgan fingerprint density at radius 1 is 1.42 bits per heavy atom. The molecule has 0 aromatic rings. The maximum atomic E-state index is 5.20. The summed E-state index contributed by atoms with van der Waals surface area (Å²) in [6.07, 6.45) is 6.57. The summed E-state index contributed by atoms with van der Waals surface area (Å²) in [6, 6.07) is 0. The van der Waals surface area contributed by atoms with Crippen LogP contribution in [0, 0.1) is 5.92 Å². The Balaban J connectivity index is 2.22. The van der Waals surface area contributed by atoms with Crippen LogP contribution in [0.15, 0.2) is 0 Å². The summed E-state index contributed by atoms with van der Waals surface area (Å²) in [5.74, 6) is 0.715. The summed E-state index contributed by atoms with van der Waals surface area (Å²) in [6.45, 7) is 5.26. The van der Waals surface area contributed by atoms with Crippen molar-refractivity contribution in [2.45, 2.75) is 52.1 Å². The lowest BCUT2D eigenvalue weighted by Crippen LogP contribution is -2.18. The molecule has 1 rings (SSSR count). The number of unbranched alkanes of at least 4 members (excludes halogenated alkanes) is 1. The lowest BCUT2D eigenvalue weighted by atomic mass is 9.92. The van der Waals surface area contributed by atoms with Gasteiger partial charge in [-0.25, -0.2) is 9.78 Å². The van der Waals surface area contributed by atoms with Gasteiger partial charge in [-0.05, 0) is 12.3 Å². The van der Waals surface area contributed by atoms with Gasteiger partial charge in [0.1, 0.15) is 0 Å². The van der Waals surface area contributed by atoms with Gasteiger partial charge in [-0.1, -0.05) is 33.1 Å². The highest BCUT2D eigenvalue weighted by Gasteiger charge is 2.25. The van der Waals surface area contributed by atoms with Crippen molar-refractivity contribution in [2.24, 2.45) is 5.92 Å². The van der Waals surface area contributed by atoms with E-state index < -0.39 is 0 Å². The van der Waals surface area contributed by atoms with Gasteiger partial charge in [-0.3, -0.25) is 0 Å². The van der Waals surface area contributed by atoms with E-state index in [9.17, 15) is 0 Å². The molecule has 2 unspecified atom stereocenters. The second-order valence-corrected chi connectivity index (χ2v) is 3.56. The van der Waals surface area contributed by atoms with Crippen LogP contribution in [0.25, 0.3) is 0 Å². The Kier molecular flexibility index (Phi) is 4.62. The summed E-state index contributed by atoms with van der Waals surface area (Å²) in [4.78, 5) is 10.1. The molecule has 1 heterocycles. The van der Waals surface area contributed by atoms with Gasteiger partial charge >= 0.3 is 0 Å². The highest BCUT2D eigenvalue weighted by Crippen LogP contribution is 2.25. The molecule has 0 aromatic carbocycles. The number of hydrogen-bond donors (Lipinski definition) is 0. The van der Waals surface area contributed by atoms with Gasteiger partial charge in [0.15, 0.2) is 0 Å². The molecule has 0 N–H and O–H groups in total. The minimum Gasteiger partial charge on any atom is -0.236 e. The Morgan fingerprint density at radius 2 is 2.25 bits per heavy atom. The largest absolute Gasteiger partial charge is 0.236 e. The Bertz CT molecular complexity index is 108. The molecule has 2 heteroatoms. The van der Waals surface area contributed by atoms with E-state index in [1.165, 1.54) is 25.7 Å². The van der Waals surface area contributed by atoms with Gasteiger partial charge in [0.2, 0.25) is 0 Å². The quantitative estimate of drug-likeness (QED) is 0.594. The Morgan fingerprint density at radius 3 is 2.75 bits per heavy atom. The zero-order chi connectivity index (χ0) is 8.81. The SMILES string of the molecule is CCCCC(CC)C1CCOO1. The van der Waals surface area contributed by atoms with Crippen LogP contribution < -0.4 is 0 Å².